The number of amides is 3. The highest BCUT2D eigenvalue weighted by atomic mass is 19.4. The van der Waals surface area contributed by atoms with Crippen LogP contribution in [0.15, 0.2) is 54.6 Å². The third-order valence-corrected chi connectivity index (χ3v) is 3.18. The monoisotopic (exact) mass is 365 g/mol. The van der Waals surface area contributed by atoms with Crippen LogP contribution >= 0.6 is 0 Å². The second-order valence-corrected chi connectivity index (χ2v) is 5.05. The summed E-state index contributed by atoms with van der Waals surface area (Å²) >= 11 is 0. The molecule has 0 spiro atoms. The quantitative estimate of drug-likeness (QED) is 0.377. The van der Waals surface area contributed by atoms with E-state index in [0.29, 0.717) is 11.3 Å². The lowest BCUT2D eigenvalue weighted by atomic mass is 10.1. The fraction of sp³-hybridized carbons (Fsp3) is 0.0588. The molecule has 0 unspecified atom stereocenters. The minimum atomic E-state index is -4.52. The number of anilines is 2. The molecule has 3 amide bonds. The van der Waals surface area contributed by atoms with Gasteiger partial charge in [0.15, 0.2) is 0 Å². The molecule has 26 heavy (non-hydrogen) atoms. The predicted molar refractivity (Wildman–Crippen MR) is 89.5 cm³/mol. The van der Waals surface area contributed by atoms with Crippen LogP contribution in [0.3, 0.4) is 0 Å². The van der Waals surface area contributed by atoms with E-state index >= 15 is 0 Å². The molecule has 0 aliphatic carbocycles. The average Bonchev–Trinajstić information content (AvgIpc) is 2.60. The van der Waals surface area contributed by atoms with Gasteiger partial charge in [-0.2, -0.15) is 13.2 Å². The van der Waals surface area contributed by atoms with Crippen LogP contribution in [0.25, 0.3) is 6.08 Å². The van der Waals surface area contributed by atoms with Crippen molar-refractivity contribution >= 4 is 29.4 Å². The van der Waals surface area contributed by atoms with Crippen molar-refractivity contribution in [2.24, 2.45) is 0 Å². The fourth-order valence-corrected chi connectivity index (χ4v) is 2.02. The van der Waals surface area contributed by atoms with Crippen LogP contribution in [0.5, 0.6) is 0 Å². The number of nitrogens with one attached hydrogen (secondary N) is 3. The molecular formula is C17H14F3N3O3. The first-order valence-electron chi connectivity index (χ1n) is 7.26. The molecule has 2 aromatic carbocycles. The van der Waals surface area contributed by atoms with Crippen molar-refractivity contribution in [2.75, 3.05) is 10.6 Å². The maximum absolute atomic E-state index is 12.7. The molecule has 0 saturated carbocycles. The SMILES string of the molecule is O=C(C=Cc1ccccc1NC(=O)Nc1cccc(C(F)(F)F)c1)NO. The molecule has 4 N–H and O–H groups in total. The van der Waals surface area contributed by atoms with Crippen LogP contribution < -0.4 is 16.1 Å². The number of hydrogen-bond acceptors (Lipinski definition) is 3. The van der Waals surface area contributed by atoms with Crippen molar-refractivity contribution in [3.63, 3.8) is 0 Å². The topological polar surface area (TPSA) is 90.5 Å². The molecule has 0 aliphatic heterocycles. The largest absolute Gasteiger partial charge is 0.416 e. The zero-order valence-corrected chi connectivity index (χ0v) is 13.2. The minimum Gasteiger partial charge on any atom is -0.308 e. The highest BCUT2D eigenvalue weighted by Gasteiger charge is 2.30. The third-order valence-electron chi connectivity index (χ3n) is 3.18. The summed E-state index contributed by atoms with van der Waals surface area (Å²) in [6.07, 6.45) is -2.12. The molecule has 6 nitrogen and oxygen atoms in total. The Morgan fingerprint density at radius 2 is 1.73 bits per heavy atom. The summed E-state index contributed by atoms with van der Waals surface area (Å²) in [6.45, 7) is 0. The number of alkyl halides is 3. The van der Waals surface area contributed by atoms with Gasteiger partial charge in [0.05, 0.1) is 5.56 Å². The van der Waals surface area contributed by atoms with Crippen molar-refractivity contribution in [3.05, 3.63) is 65.7 Å². The van der Waals surface area contributed by atoms with Gasteiger partial charge in [0.1, 0.15) is 0 Å². The summed E-state index contributed by atoms with van der Waals surface area (Å²) in [6, 6.07) is 9.90. The molecule has 0 radical (unpaired) electrons. The van der Waals surface area contributed by atoms with Crippen molar-refractivity contribution in [2.45, 2.75) is 6.18 Å². The Hall–Kier alpha value is -3.33. The number of halogens is 3. The Morgan fingerprint density at radius 3 is 2.42 bits per heavy atom. The number of hydroxylamine groups is 1. The van der Waals surface area contributed by atoms with Crippen molar-refractivity contribution in [3.8, 4) is 0 Å². The van der Waals surface area contributed by atoms with E-state index in [0.717, 1.165) is 18.2 Å². The average molecular weight is 365 g/mol. The predicted octanol–water partition coefficient (Wildman–Crippen LogP) is 3.87. The summed E-state index contributed by atoms with van der Waals surface area (Å²) in [7, 11) is 0. The molecule has 0 fully saturated rings. The first-order valence-corrected chi connectivity index (χ1v) is 7.26. The minimum absolute atomic E-state index is 0.0231. The number of rotatable bonds is 4. The van der Waals surface area contributed by atoms with Gasteiger partial charge < -0.3 is 10.6 Å². The lowest BCUT2D eigenvalue weighted by molar-refractivity contribution is -0.137. The van der Waals surface area contributed by atoms with Crippen LogP contribution in [0, 0.1) is 0 Å². The number of carbonyl (C=O) groups excluding carboxylic acids is 2. The molecule has 2 aromatic rings. The van der Waals surface area contributed by atoms with Gasteiger partial charge in [0.2, 0.25) is 0 Å². The lowest BCUT2D eigenvalue weighted by Gasteiger charge is -2.12. The number of para-hydroxylation sites is 1. The molecule has 0 saturated heterocycles. The smallest absolute Gasteiger partial charge is 0.308 e. The molecule has 2 rings (SSSR count). The van der Waals surface area contributed by atoms with Gasteiger partial charge in [0.25, 0.3) is 5.91 Å². The summed E-state index contributed by atoms with van der Waals surface area (Å²) in [5, 5.41) is 13.3. The van der Waals surface area contributed by atoms with Crippen molar-refractivity contribution in [1.29, 1.82) is 0 Å². The number of benzene rings is 2. The van der Waals surface area contributed by atoms with E-state index in [4.69, 9.17) is 5.21 Å². The van der Waals surface area contributed by atoms with Crippen LogP contribution in [-0.2, 0) is 11.0 Å². The second-order valence-electron chi connectivity index (χ2n) is 5.05. The van der Waals surface area contributed by atoms with Crippen LogP contribution in [0.4, 0.5) is 29.3 Å². The van der Waals surface area contributed by atoms with Gasteiger partial charge in [-0.25, -0.2) is 10.3 Å². The van der Waals surface area contributed by atoms with E-state index < -0.39 is 23.7 Å². The number of urea groups is 1. The van der Waals surface area contributed by atoms with Crippen LogP contribution in [-0.4, -0.2) is 17.1 Å². The van der Waals surface area contributed by atoms with Gasteiger partial charge in [0, 0.05) is 17.5 Å². The highest BCUT2D eigenvalue weighted by Crippen LogP contribution is 2.30. The molecule has 0 bridgehead atoms. The van der Waals surface area contributed by atoms with Gasteiger partial charge in [-0.1, -0.05) is 24.3 Å². The first kappa shape index (κ1) is 19.0. The molecular weight excluding hydrogens is 351 g/mol. The van der Waals surface area contributed by atoms with Gasteiger partial charge >= 0.3 is 12.2 Å². The lowest BCUT2D eigenvalue weighted by Crippen LogP contribution is -2.20. The first-order chi connectivity index (χ1) is 12.3. The van der Waals surface area contributed by atoms with Crippen molar-refractivity contribution in [1.82, 2.24) is 5.48 Å². The Balaban J connectivity index is 2.11. The van der Waals surface area contributed by atoms with E-state index in [-0.39, 0.29) is 5.69 Å². The normalized spacial score (nSPS) is 11.2. The molecule has 0 atom stereocenters. The molecule has 0 heterocycles. The molecule has 0 aromatic heterocycles. The maximum atomic E-state index is 12.7. The fourth-order valence-electron chi connectivity index (χ4n) is 2.02. The Kier molecular flexibility index (Phi) is 5.97. The standard InChI is InChI=1S/C17H14F3N3O3/c18-17(19,20)12-5-3-6-13(10-12)21-16(25)22-14-7-2-1-4-11(14)8-9-15(24)23-26/h1-10,26H,(H,23,24)(H2,21,22,25). The highest BCUT2D eigenvalue weighted by molar-refractivity contribution is 6.01. The van der Waals surface area contributed by atoms with Crippen LogP contribution in [0.1, 0.15) is 11.1 Å². The molecule has 136 valence electrons. The molecule has 0 aliphatic rings. The van der Waals surface area contributed by atoms with Gasteiger partial charge in [-0.3, -0.25) is 10.0 Å². The Morgan fingerprint density at radius 1 is 1.00 bits per heavy atom. The zero-order chi connectivity index (χ0) is 19.2. The van der Waals surface area contributed by atoms with E-state index in [1.165, 1.54) is 23.7 Å². The second kappa shape index (κ2) is 8.17. The van der Waals surface area contributed by atoms with Gasteiger partial charge in [-0.05, 0) is 35.9 Å². The zero-order valence-electron chi connectivity index (χ0n) is 13.2. The molecule has 9 heteroatoms. The summed E-state index contributed by atoms with van der Waals surface area (Å²) < 4.78 is 38.1. The Bertz CT molecular complexity index is 835. The summed E-state index contributed by atoms with van der Waals surface area (Å²) in [4.78, 5) is 23.1. The maximum Gasteiger partial charge on any atom is 0.416 e. The van der Waals surface area contributed by atoms with Crippen LogP contribution in [0.2, 0.25) is 0 Å². The summed E-state index contributed by atoms with van der Waals surface area (Å²) in [5.74, 6) is -0.756. The van der Waals surface area contributed by atoms with E-state index in [9.17, 15) is 22.8 Å². The van der Waals surface area contributed by atoms with E-state index in [1.807, 2.05) is 0 Å². The third kappa shape index (κ3) is 5.35. The summed E-state index contributed by atoms with van der Waals surface area (Å²) in [5.41, 5.74) is 1.30. The van der Waals surface area contributed by atoms with Gasteiger partial charge in [-0.15, -0.1) is 0 Å². The number of hydrogen-bond donors (Lipinski definition) is 4. The number of carbonyl (C=O) groups is 2. The van der Waals surface area contributed by atoms with E-state index in [2.05, 4.69) is 10.6 Å². The van der Waals surface area contributed by atoms with E-state index in [1.54, 1.807) is 24.3 Å². The van der Waals surface area contributed by atoms with Crippen molar-refractivity contribution < 1.29 is 28.0 Å². The Labute approximate surface area is 146 Å².